The van der Waals surface area contributed by atoms with E-state index in [1.54, 1.807) is 7.11 Å². The van der Waals surface area contributed by atoms with Crippen molar-refractivity contribution < 1.29 is 9.53 Å². The van der Waals surface area contributed by atoms with Crippen molar-refractivity contribution >= 4 is 17.1 Å². The number of fused-ring (bicyclic) bond motifs is 1. The Bertz CT molecular complexity index is 976. The number of para-hydroxylation sites is 2. The summed E-state index contributed by atoms with van der Waals surface area (Å²) < 4.78 is 5.26. The van der Waals surface area contributed by atoms with Crippen LogP contribution >= 0.6 is 0 Å². The molecule has 1 aliphatic rings. The molecule has 1 atom stereocenters. The van der Waals surface area contributed by atoms with Crippen molar-refractivity contribution in [1.29, 1.82) is 0 Å². The molecule has 7 heteroatoms. The number of rotatable bonds is 8. The van der Waals surface area contributed by atoms with Gasteiger partial charge in [-0.3, -0.25) is 0 Å². The van der Waals surface area contributed by atoms with E-state index in [0.717, 1.165) is 47.7 Å². The second kappa shape index (κ2) is 10.5. The van der Waals surface area contributed by atoms with Crippen LogP contribution in [0.2, 0.25) is 0 Å². The van der Waals surface area contributed by atoms with E-state index in [2.05, 4.69) is 27.6 Å². The third kappa shape index (κ3) is 5.79. The zero-order valence-electron chi connectivity index (χ0n) is 18.9. The molecule has 2 aromatic carbocycles. The summed E-state index contributed by atoms with van der Waals surface area (Å²) in [7, 11) is 3.83. The molecule has 7 nitrogen and oxygen atoms in total. The minimum absolute atomic E-state index is 0.156. The number of imidazole rings is 1. The van der Waals surface area contributed by atoms with Gasteiger partial charge < -0.3 is 25.3 Å². The fourth-order valence-corrected chi connectivity index (χ4v) is 4.30. The number of aromatic amines is 1. The van der Waals surface area contributed by atoms with Crippen LogP contribution in [0.1, 0.15) is 36.7 Å². The first-order valence-electron chi connectivity index (χ1n) is 11.4. The molecular weight excluding hydrogens is 402 g/mol. The minimum Gasteiger partial charge on any atom is -0.497 e. The van der Waals surface area contributed by atoms with Gasteiger partial charge in [-0.1, -0.05) is 24.3 Å². The number of piperidine rings is 1. The Labute approximate surface area is 189 Å². The second-order valence-electron chi connectivity index (χ2n) is 8.68. The molecule has 3 N–H and O–H groups in total. The number of carbonyl (C=O) groups excluding carboxylic acids is 1. The van der Waals surface area contributed by atoms with E-state index in [0.29, 0.717) is 18.9 Å². The molecule has 2 heterocycles. The number of ether oxygens (including phenoxy) is 1. The van der Waals surface area contributed by atoms with Gasteiger partial charge in [0, 0.05) is 6.54 Å². The zero-order valence-corrected chi connectivity index (χ0v) is 18.9. The molecule has 0 spiro atoms. The fraction of sp³-hybridized carbons (Fsp3) is 0.440. The quantitative estimate of drug-likeness (QED) is 0.501. The van der Waals surface area contributed by atoms with Crippen molar-refractivity contribution in [3.8, 4) is 5.75 Å². The molecule has 1 aromatic heterocycles. The monoisotopic (exact) mass is 435 g/mol. The number of urea groups is 1. The van der Waals surface area contributed by atoms with Crippen LogP contribution in [0, 0.1) is 5.92 Å². The summed E-state index contributed by atoms with van der Waals surface area (Å²) in [5.74, 6) is 2.26. The fourth-order valence-electron chi connectivity index (χ4n) is 4.30. The van der Waals surface area contributed by atoms with Crippen molar-refractivity contribution in [3.05, 3.63) is 59.9 Å². The van der Waals surface area contributed by atoms with Gasteiger partial charge in [0.1, 0.15) is 11.6 Å². The molecule has 1 saturated heterocycles. The van der Waals surface area contributed by atoms with E-state index >= 15 is 0 Å². The highest BCUT2D eigenvalue weighted by Gasteiger charge is 2.20. The average Bonchev–Trinajstić information content (AvgIpc) is 3.25. The molecule has 0 saturated carbocycles. The Hall–Kier alpha value is -3.06. The third-order valence-electron chi connectivity index (χ3n) is 6.32. The van der Waals surface area contributed by atoms with Gasteiger partial charge in [0.05, 0.1) is 24.2 Å². The summed E-state index contributed by atoms with van der Waals surface area (Å²) in [6.07, 6.45) is 4.07. The number of likely N-dealkylation sites (tertiary alicyclic amines) is 1. The van der Waals surface area contributed by atoms with Crippen LogP contribution in [-0.2, 0) is 6.42 Å². The number of methoxy groups -OCH3 is 1. The Balaban J connectivity index is 1.40. The van der Waals surface area contributed by atoms with Gasteiger partial charge in [-0.25, -0.2) is 9.78 Å². The molecule has 1 aliphatic heterocycles. The largest absolute Gasteiger partial charge is 0.497 e. The van der Waals surface area contributed by atoms with E-state index in [1.807, 2.05) is 48.5 Å². The van der Waals surface area contributed by atoms with Crippen molar-refractivity contribution in [2.45, 2.75) is 31.7 Å². The predicted octanol–water partition coefficient (Wildman–Crippen LogP) is 3.89. The summed E-state index contributed by atoms with van der Waals surface area (Å²) in [5.41, 5.74) is 2.96. The van der Waals surface area contributed by atoms with Gasteiger partial charge in [0.25, 0.3) is 0 Å². The van der Waals surface area contributed by atoms with Gasteiger partial charge in [-0.2, -0.15) is 0 Å². The van der Waals surface area contributed by atoms with Gasteiger partial charge in [-0.05, 0) is 81.6 Å². The van der Waals surface area contributed by atoms with Crippen LogP contribution in [0.15, 0.2) is 48.5 Å². The average molecular weight is 436 g/mol. The second-order valence-corrected chi connectivity index (χ2v) is 8.68. The Morgan fingerprint density at radius 1 is 1.19 bits per heavy atom. The lowest BCUT2D eigenvalue weighted by molar-refractivity contribution is 0.209. The number of aromatic nitrogens is 2. The summed E-state index contributed by atoms with van der Waals surface area (Å²) in [6, 6.07) is 15.4. The number of nitrogens with zero attached hydrogens (tertiary/aromatic N) is 2. The number of H-pyrrole nitrogens is 1. The Morgan fingerprint density at radius 3 is 2.66 bits per heavy atom. The van der Waals surface area contributed by atoms with E-state index in [4.69, 9.17) is 9.72 Å². The molecule has 170 valence electrons. The third-order valence-corrected chi connectivity index (χ3v) is 6.32. The lowest BCUT2D eigenvalue weighted by Gasteiger charge is -2.29. The standard InChI is InChI=1S/C25H33N5O2/c1-30-15-12-18(13-16-30)11-14-26-25(31)29-23(17-19-7-9-20(32-2)10-8-19)24-27-21-5-3-4-6-22(21)28-24/h3-10,18,23H,11-17H2,1-2H3,(H,27,28)(H2,26,29,31). The maximum Gasteiger partial charge on any atom is 0.315 e. The molecule has 0 bridgehead atoms. The highest BCUT2D eigenvalue weighted by molar-refractivity contribution is 5.76. The van der Waals surface area contributed by atoms with Gasteiger partial charge in [0.15, 0.2) is 0 Å². The van der Waals surface area contributed by atoms with Crippen molar-refractivity contribution in [3.63, 3.8) is 0 Å². The van der Waals surface area contributed by atoms with Crippen LogP contribution in [0.5, 0.6) is 5.75 Å². The first kappa shape index (κ1) is 22.1. The van der Waals surface area contributed by atoms with E-state index in [9.17, 15) is 4.79 Å². The van der Waals surface area contributed by atoms with Crippen LogP contribution in [0.4, 0.5) is 4.79 Å². The van der Waals surface area contributed by atoms with Gasteiger partial charge in [-0.15, -0.1) is 0 Å². The van der Waals surface area contributed by atoms with Crippen LogP contribution in [0.3, 0.4) is 0 Å². The van der Waals surface area contributed by atoms with Crippen LogP contribution in [-0.4, -0.2) is 54.7 Å². The lowest BCUT2D eigenvalue weighted by Crippen LogP contribution is -2.40. The molecule has 3 aromatic rings. The SMILES string of the molecule is COc1ccc(CC(NC(=O)NCCC2CCN(C)CC2)c2nc3ccccc3[nH]2)cc1. The molecule has 32 heavy (non-hydrogen) atoms. The van der Waals surface area contributed by atoms with Gasteiger partial charge >= 0.3 is 6.03 Å². The first-order valence-corrected chi connectivity index (χ1v) is 11.4. The van der Waals surface area contributed by atoms with E-state index in [-0.39, 0.29) is 12.1 Å². The summed E-state index contributed by atoms with van der Waals surface area (Å²) in [5, 5.41) is 6.19. The number of carbonyl (C=O) groups is 1. The topological polar surface area (TPSA) is 82.3 Å². The number of nitrogens with one attached hydrogen (secondary N) is 3. The Morgan fingerprint density at radius 2 is 1.94 bits per heavy atom. The molecule has 1 fully saturated rings. The molecule has 2 amide bonds. The van der Waals surface area contributed by atoms with Crippen molar-refractivity contribution in [2.75, 3.05) is 33.8 Å². The number of benzene rings is 2. The maximum absolute atomic E-state index is 12.7. The number of hydrogen-bond donors (Lipinski definition) is 3. The molecule has 0 radical (unpaired) electrons. The predicted molar refractivity (Wildman–Crippen MR) is 127 cm³/mol. The number of hydrogen-bond acceptors (Lipinski definition) is 4. The summed E-state index contributed by atoms with van der Waals surface area (Å²) >= 11 is 0. The van der Waals surface area contributed by atoms with Crippen LogP contribution < -0.4 is 15.4 Å². The van der Waals surface area contributed by atoms with Gasteiger partial charge in [0.2, 0.25) is 0 Å². The lowest BCUT2D eigenvalue weighted by atomic mass is 9.94. The smallest absolute Gasteiger partial charge is 0.315 e. The van der Waals surface area contributed by atoms with E-state index in [1.165, 1.54) is 12.8 Å². The first-order chi connectivity index (χ1) is 15.6. The van der Waals surface area contributed by atoms with Crippen LogP contribution in [0.25, 0.3) is 11.0 Å². The molecule has 4 rings (SSSR count). The summed E-state index contributed by atoms with van der Waals surface area (Å²) in [4.78, 5) is 23.2. The molecular formula is C25H33N5O2. The number of amides is 2. The summed E-state index contributed by atoms with van der Waals surface area (Å²) in [6.45, 7) is 2.98. The highest BCUT2D eigenvalue weighted by Crippen LogP contribution is 2.22. The highest BCUT2D eigenvalue weighted by atomic mass is 16.5. The maximum atomic E-state index is 12.7. The molecule has 0 aliphatic carbocycles. The van der Waals surface area contributed by atoms with Crippen molar-refractivity contribution in [1.82, 2.24) is 25.5 Å². The van der Waals surface area contributed by atoms with Crippen molar-refractivity contribution in [2.24, 2.45) is 5.92 Å². The normalized spacial score (nSPS) is 16.1. The van der Waals surface area contributed by atoms with E-state index < -0.39 is 0 Å². The zero-order chi connectivity index (χ0) is 22.3. The minimum atomic E-state index is -0.265. The molecule has 1 unspecified atom stereocenters. The Kier molecular flexibility index (Phi) is 7.27.